The van der Waals surface area contributed by atoms with Crippen molar-refractivity contribution in [2.24, 2.45) is 11.8 Å². The van der Waals surface area contributed by atoms with Crippen molar-refractivity contribution in [3.63, 3.8) is 0 Å². The number of hydrazine groups is 1. The molecule has 2 aromatic carbocycles. The molecule has 6 fully saturated rings. The summed E-state index contributed by atoms with van der Waals surface area (Å²) >= 11 is 0. The van der Waals surface area contributed by atoms with Gasteiger partial charge in [-0.25, -0.2) is 28.6 Å². The zero-order valence-electron chi connectivity index (χ0n) is 32.3. The summed E-state index contributed by atoms with van der Waals surface area (Å²) in [5, 5.41) is 15.9. The number of amides is 4. The van der Waals surface area contributed by atoms with Crippen LogP contribution in [0.2, 0.25) is 0 Å². The smallest absolute Gasteiger partial charge is 0.334 e. The number of nitrogens with zero attached hydrogens (tertiary/aromatic N) is 8. The minimum absolute atomic E-state index is 0.0261. The van der Waals surface area contributed by atoms with E-state index < -0.39 is 41.7 Å². The molecule has 3 aromatic rings. The second kappa shape index (κ2) is 14.7. The number of halogens is 2. The molecule has 5 aliphatic heterocycles. The maximum absolute atomic E-state index is 15.5. The van der Waals surface area contributed by atoms with Crippen LogP contribution in [0.4, 0.5) is 19.4 Å². The van der Waals surface area contributed by atoms with Crippen molar-refractivity contribution in [2.45, 2.75) is 69.7 Å². The first-order chi connectivity index (χ1) is 27.5. The largest absolute Gasteiger partial charge is 0.508 e. The molecule has 57 heavy (non-hydrogen) atoms. The molecule has 9 rings (SSSR count). The van der Waals surface area contributed by atoms with Crippen LogP contribution in [-0.2, 0) is 29.1 Å². The van der Waals surface area contributed by atoms with Crippen molar-refractivity contribution < 1.29 is 28.3 Å². The third-order valence-electron chi connectivity index (χ3n) is 12.9. The van der Waals surface area contributed by atoms with E-state index in [2.05, 4.69) is 35.5 Å². The minimum Gasteiger partial charge on any atom is -0.508 e. The van der Waals surface area contributed by atoms with Gasteiger partial charge in [0.1, 0.15) is 23.8 Å². The number of carbonyl (C=O) groups excluding carboxylic acids is 3. The molecule has 1 unspecified atom stereocenters. The number of urea groups is 1. The van der Waals surface area contributed by atoms with Crippen LogP contribution in [0.3, 0.4) is 0 Å². The first-order valence-electron chi connectivity index (χ1n) is 20.0. The maximum Gasteiger partial charge on any atom is 0.334 e. The summed E-state index contributed by atoms with van der Waals surface area (Å²) in [6, 6.07) is 16.5. The van der Waals surface area contributed by atoms with Crippen molar-refractivity contribution in [3.8, 4) is 5.75 Å². The predicted molar refractivity (Wildman–Crippen MR) is 207 cm³/mol. The van der Waals surface area contributed by atoms with Crippen LogP contribution in [-0.4, -0.2) is 140 Å². The number of phenols is 1. The highest BCUT2D eigenvalue weighted by molar-refractivity contribution is 5.91. The van der Waals surface area contributed by atoms with Gasteiger partial charge in [0.15, 0.2) is 11.6 Å². The fraction of sp³-hybridized carbons (Fsp3) is 0.476. The van der Waals surface area contributed by atoms with E-state index in [9.17, 15) is 19.5 Å². The van der Waals surface area contributed by atoms with Gasteiger partial charge in [-0.2, -0.15) is 0 Å². The first kappa shape index (κ1) is 37.5. The van der Waals surface area contributed by atoms with Gasteiger partial charge in [-0.3, -0.25) is 19.4 Å². The molecule has 2 N–H and O–H groups in total. The minimum atomic E-state index is -1.18. The van der Waals surface area contributed by atoms with Gasteiger partial charge in [0, 0.05) is 75.9 Å². The number of likely N-dealkylation sites (tertiary alicyclic amines) is 2. The van der Waals surface area contributed by atoms with Crippen LogP contribution in [0, 0.1) is 23.5 Å². The second-order valence-corrected chi connectivity index (χ2v) is 16.6. The molecule has 4 amide bonds. The van der Waals surface area contributed by atoms with Gasteiger partial charge in [0.25, 0.3) is 0 Å². The summed E-state index contributed by atoms with van der Waals surface area (Å²) in [4.78, 5) is 57.4. The Labute approximate surface area is 331 Å². The molecule has 6 heterocycles. The number of fused-ring (bicyclic) bond motifs is 2. The van der Waals surface area contributed by atoms with E-state index in [1.807, 2.05) is 35.2 Å². The molecular weight excluding hydrogens is 733 g/mol. The normalized spacial score (nSPS) is 27.5. The highest BCUT2D eigenvalue weighted by Crippen LogP contribution is 2.59. The third kappa shape index (κ3) is 6.68. The average molecular weight is 782 g/mol. The third-order valence-corrected chi connectivity index (χ3v) is 12.9. The Morgan fingerprint density at radius 1 is 1.02 bits per heavy atom. The maximum atomic E-state index is 15.5. The number of rotatable bonds is 11. The fourth-order valence-electron chi connectivity index (χ4n) is 10.2. The number of aromatic nitrogens is 1. The number of pyridine rings is 1. The van der Waals surface area contributed by atoms with Crippen LogP contribution in [0.25, 0.3) is 0 Å². The lowest BCUT2D eigenvalue weighted by atomic mass is 9.98. The summed E-state index contributed by atoms with van der Waals surface area (Å²) < 4.78 is 30.7. The fourth-order valence-corrected chi connectivity index (χ4v) is 10.2. The highest BCUT2D eigenvalue weighted by atomic mass is 19.1. The first-order valence-corrected chi connectivity index (χ1v) is 20.0. The molecule has 0 radical (unpaired) electrons. The molecule has 6 atom stereocenters. The molecule has 1 saturated carbocycles. The van der Waals surface area contributed by atoms with Gasteiger partial charge in [0.2, 0.25) is 11.8 Å². The predicted octanol–water partition coefficient (Wildman–Crippen LogP) is 3.01. The number of benzene rings is 2. The van der Waals surface area contributed by atoms with Crippen LogP contribution < -0.4 is 10.2 Å². The van der Waals surface area contributed by atoms with Crippen LogP contribution in [0.1, 0.15) is 30.7 Å². The Hall–Kier alpha value is -5.12. The molecule has 5 saturated heterocycles. The van der Waals surface area contributed by atoms with Crippen molar-refractivity contribution in [1.82, 2.24) is 39.9 Å². The number of piperidine rings is 2. The molecule has 300 valence electrons. The van der Waals surface area contributed by atoms with E-state index in [1.54, 1.807) is 17.2 Å². The second-order valence-electron chi connectivity index (χ2n) is 16.6. The number of phenolic OH excluding ortho intramolecular Hbond substituents is 1. The summed E-state index contributed by atoms with van der Waals surface area (Å²) in [6.45, 7) is 12.0. The highest BCUT2D eigenvalue weighted by Gasteiger charge is 2.69. The van der Waals surface area contributed by atoms with Crippen molar-refractivity contribution in [1.29, 1.82) is 0 Å². The Balaban J connectivity index is 0.967. The number of carbonyl (C=O) groups is 3. The lowest BCUT2D eigenvalue weighted by Gasteiger charge is -2.55. The van der Waals surface area contributed by atoms with Crippen LogP contribution >= 0.6 is 0 Å². The number of piperazine rings is 1. The van der Waals surface area contributed by atoms with Crippen molar-refractivity contribution in [3.05, 3.63) is 102 Å². The summed E-state index contributed by atoms with van der Waals surface area (Å²) in [7, 11) is 0. The van der Waals surface area contributed by atoms with Gasteiger partial charge >= 0.3 is 6.03 Å². The zero-order chi connectivity index (χ0) is 39.7. The van der Waals surface area contributed by atoms with Crippen LogP contribution in [0.15, 0.2) is 73.3 Å². The van der Waals surface area contributed by atoms with Gasteiger partial charge in [-0.1, -0.05) is 42.5 Å². The van der Waals surface area contributed by atoms with Gasteiger partial charge in [-0.05, 0) is 55.0 Å². The SMILES string of the molecule is C=CCN1CC(=O)N2[C@@H](Cc3ccc(O)cc3F)C(=O)N(Cc3ccc(F)c(N4CC(N5C[C@@H]6[C@@H]7C5[C@@H]7CN6C(C)C)C4)n3)C[C@@H]2N1C(=O)NCc1ccccc1. The van der Waals surface area contributed by atoms with Gasteiger partial charge < -0.3 is 25.1 Å². The topological polar surface area (TPSA) is 119 Å². The molecule has 13 nitrogen and oxygen atoms in total. The Morgan fingerprint density at radius 2 is 1.81 bits per heavy atom. The van der Waals surface area contributed by atoms with Gasteiger partial charge in [-0.15, -0.1) is 6.58 Å². The van der Waals surface area contributed by atoms with Crippen molar-refractivity contribution >= 4 is 23.7 Å². The van der Waals surface area contributed by atoms with Crippen molar-refractivity contribution in [2.75, 3.05) is 50.7 Å². The van der Waals surface area contributed by atoms with E-state index in [-0.39, 0.29) is 56.3 Å². The number of hydrogen-bond donors (Lipinski definition) is 2. The Kier molecular flexibility index (Phi) is 9.64. The van der Waals surface area contributed by atoms with Gasteiger partial charge in [0.05, 0.1) is 25.3 Å². The lowest BCUT2D eigenvalue weighted by molar-refractivity contribution is -0.189. The molecule has 0 bridgehead atoms. The molecule has 15 heteroatoms. The number of anilines is 1. The molecular formula is C42H49F2N9O4. The molecule has 1 aromatic heterocycles. The summed E-state index contributed by atoms with van der Waals surface area (Å²) in [5.41, 5.74) is 1.45. The number of nitrogens with one attached hydrogen (secondary N) is 1. The van der Waals surface area contributed by atoms with Crippen LogP contribution in [0.5, 0.6) is 5.75 Å². The average Bonchev–Trinajstić information content (AvgIpc) is 3.62. The summed E-state index contributed by atoms with van der Waals surface area (Å²) in [6.07, 6.45) is 0.433. The van der Waals surface area contributed by atoms with E-state index in [0.29, 0.717) is 43.0 Å². The monoisotopic (exact) mass is 781 g/mol. The van der Waals surface area contributed by atoms with E-state index >= 15 is 8.78 Å². The van der Waals surface area contributed by atoms with E-state index in [1.165, 1.54) is 33.0 Å². The molecule has 1 aliphatic carbocycles. The Morgan fingerprint density at radius 3 is 2.53 bits per heavy atom. The standard InChI is InChI=1S/C42H49F2N9O4/c1-4-14-49-24-37(55)52-34(15-27-10-12-30(54)16-33(27)44)41(56)48(23-36(52)53(49)42(57)45-17-26-8-6-5-7-9-26)18-28-11-13-32(43)40(46-28)47-19-29(20-47)51-22-35-38-31(39(38)51)21-50(35)25(2)3/h4-13,16,25,29,31,34-36,38-39,54H,1,14-15,17-24H2,2-3H3,(H,45,57)/t31-,34+,35-,36+,38-,39?/m1/s1. The number of aromatic hydroxyl groups is 1. The Bertz CT molecular complexity index is 2070. The molecule has 0 spiro atoms. The summed E-state index contributed by atoms with van der Waals surface area (Å²) in [5.74, 6) is -0.561. The van der Waals surface area contributed by atoms with E-state index in [4.69, 9.17) is 4.98 Å². The lowest BCUT2D eigenvalue weighted by Crippen LogP contribution is -2.76. The quantitative estimate of drug-likeness (QED) is 0.284. The van der Waals surface area contributed by atoms with E-state index in [0.717, 1.165) is 36.6 Å². The number of hydrogen-bond acceptors (Lipinski definition) is 9. The molecule has 6 aliphatic rings. The zero-order valence-corrected chi connectivity index (χ0v) is 32.3.